The Morgan fingerprint density at radius 2 is 2.17 bits per heavy atom. The van der Waals surface area contributed by atoms with Gasteiger partial charge in [-0.25, -0.2) is 0 Å². The molecule has 0 aromatic carbocycles. The molecule has 1 aliphatic rings. The van der Waals surface area contributed by atoms with Crippen LogP contribution in [0.3, 0.4) is 0 Å². The zero-order valence-electron chi connectivity index (χ0n) is 11.9. The van der Waals surface area contributed by atoms with E-state index in [1.165, 1.54) is 0 Å². The first-order valence-corrected chi connectivity index (χ1v) is 6.29. The van der Waals surface area contributed by atoms with Crippen LogP contribution in [0.25, 0.3) is 0 Å². The van der Waals surface area contributed by atoms with Crippen LogP contribution in [0, 0.1) is 5.41 Å². The van der Waals surface area contributed by atoms with Crippen LogP contribution in [0.1, 0.15) is 41.0 Å². The Bertz CT molecular complexity index is 349. The van der Waals surface area contributed by atoms with Crippen molar-refractivity contribution in [2.75, 3.05) is 6.61 Å². The van der Waals surface area contributed by atoms with E-state index in [1.807, 2.05) is 20.8 Å². The molecule has 5 heteroatoms. The highest BCUT2D eigenvalue weighted by Gasteiger charge is 2.46. The van der Waals surface area contributed by atoms with Gasteiger partial charge in [-0.3, -0.25) is 9.59 Å². The van der Waals surface area contributed by atoms with Gasteiger partial charge in [-0.1, -0.05) is 20.8 Å². The third-order valence-electron chi connectivity index (χ3n) is 3.41. The number of Topliss-reactive ketones (excluding diaryl/α,β-unsaturated/α-hetero) is 1. The molecule has 1 saturated heterocycles. The van der Waals surface area contributed by atoms with Crippen molar-refractivity contribution in [2.45, 2.75) is 58.7 Å². The first-order valence-electron chi connectivity index (χ1n) is 6.29. The van der Waals surface area contributed by atoms with Gasteiger partial charge in [0.1, 0.15) is 12.1 Å². The second kappa shape index (κ2) is 4.97. The SMILES string of the molecule is CC1OCC(=O)C1(C)NC(=O)C(N)CC(C)(C)C. The molecule has 0 radical (unpaired) electrons. The van der Waals surface area contributed by atoms with Crippen molar-refractivity contribution in [3.8, 4) is 0 Å². The normalized spacial score (nSPS) is 30.3. The molecule has 0 bridgehead atoms. The summed E-state index contributed by atoms with van der Waals surface area (Å²) >= 11 is 0. The predicted octanol–water partition coefficient (Wildman–Crippen LogP) is 0.613. The van der Waals surface area contributed by atoms with Crippen molar-refractivity contribution in [3.05, 3.63) is 0 Å². The second-order valence-electron chi connectivity index (χ2n) is 6.44. The van der Waals surface area contributed by atoms with Crippen LogP contribution < -0.4 is 11.1 Å². The van der Waals surface area contributed by atoms with E-state index in [0.717, 1.165) is 0 Å². The number of rotatable bonds is 3. The Morgan fingerprint density at radius 1 is 1.61 bits per heavy atom. The maximum Gasteiger partial charge on any atom is 0.237 e. The molecule has 1 aliphatic heterocycles. The van der Waals surface area contributed by atoms with Crippen molar-refractivity contribution in [2.24, 2.45) is 11.1 Å². The fraction of sp³-hybridized carbons (Fsp3) is 0.846. The molecule has 104 valence electrons. The highest BCUT2D eigenvalue weighted by molar-refractivity contribution is 5.96. The number of amides is 1. The maximum atomic E-state index is 12.0. The number of nitrogens with one attached hydrogen (secondary N) is 1. The van der Waals surface area contributed by atoms with Gasteiger partial charge in [0.2, 0.25) is 5.91 Å². The first-order chi connectivity index (χ1) is 8.06. The molecule has 3 atom stereocenters. The highest BCUT2D eigenvalue weighted by Crippen LogP contribution is 2.24. The van der Waals surface area contributed by atoms with E-state index in [1.54, 1.807) is 13.8 Å². The van der Waals surface area contributed by atoms with Gasteiger partial charge in [0.15, 0.2) is 5.78 Å². The van der Waals surface area contributed by atoms with Gasteiger partial charge < -0.3 is 15.8 Å². The maximum absolute atomic E-state index is 12.0. The van der Waals surface area contributed by atoms with Crippen LogP contribution in [0.5, 0.6) is 0 Å². The van der Waals surface area contributed by atoms with Gasteiger partial charge in [0.25, 0.3) is 0 Å². The molecular formula is C13H24N2O3. The van der Waals surface area contributed by atoms with E-state index < -0.39 is 11.6 Å². The number of carbonyl (C=O) groups is 2. The second-order valence-corrected chi connectivity index (χ2v) is 6.44. The third-order valence-corrected chi connectivity index (χ3v) is 3.41. The zero-order chi connectivity index (χ0) is 14.1. The lowest BCUT2D eigenvalue weighted by atomic mass is 9.87. The summed E-state index contributed by atoms with van der Waals surface area (Å²) in [5.74, 6) is -0.399. The van der Waals surface area contributed by atoms with Crippen molar-refractivity contribution in [1.29, 1.82) is 0 Å². The van der Waals surface area contributed by atoms with Crippen molar-refractivity contribution in [3.63, 3.8) is 0 Å². The van der Waals surface area contributed by atoms with Crippen molar-refractivity contribution < 1.29 is 14.3 Å². The van der Waals surface area contributed by atoms with E-state index in [-0.39, 0.29) is 29.8 Å². The molecule has 1 fully saturated rings. The molecule has 3 N–H and O–H groups in total. The molecule has 5 nitrogen and oxygen atoms in total. The summed E-state index contributed by atoms with van der Waals surface area (Å²) in [7, 11) is 0. The Balaban J connectivity index is 2.67. The summed E-state index contributed by atoms with van der Waals surface area (Å²) in [5.41, 5.74) is 4.89. The standard InChI is InChI=1S/C13H24N2O3/c1-8-13(5,10(16)7-18-8)15-11(17)9(14)6-12(2,3)4/h8-9H,6-7,14H2,1-5H3,(H,15,17). The number of carbonyl (C=O) groups excluding carboxylic acids is 2. The summed E-state index contributed by atoms with van der Waals surface area (Å²) in [4.78, 5) is 23.8. The lowest BCUT2D eigenvalue weighted by Crippen LogP contribution is -2.59. The molecule has 0 aromatic heterocycles. The summed E-state index contributed by atoms with van der Waals surface area (Å²) in [6, 6.07) is -0.609. The predicted molar refractivity (Wildman–Crippen MR) is 69.0 cm³/mol. The van der Waals surface area contributed by atoms with Gasteiger partial charge in [0.05, 0.1) is 12.1 Å². The van der Waals surface area contributed by atoms with Crippen molar-refractivity contribution in [1.82, 2.24) is 5.32 Å². The highest BCUT2D eigenvalue weighted by atomic mass is 16.5. The monoisotopic (exact) mass is 256 g/mol. The summed E-state index contributed by atoms with van der Waals surface area (Å²) in [5, 5.41) is 2.74. The zero-order valence-corrected chi connectivity index (χ0v) is 11.9. The molecule has 1 amide bonds. The van der Waals surface area contributed by atoms with E-state index in [0.29, 0.717) is 6.42 Å². The molecule has 1 heterocycles. The van der Waals surface area contributed by atoms with Crippen LogP contribution in [-0.4, -0.2) is 36.0 Å². The largest absolute Gasteiger partial charge is 0.368 e. The average molecular weight is 256 g/mol. The molecule has 1 rings (SSSR count). The van der Waals surface area contributed by atoms with Gasteiger partial charge in [-0.05, 0) is 25.7 Å². The smallest absolute Gasteiger partial charge is 0.237 e. The fourth-order valence-corrected chi connectivity index (χ4v) is 2.02. The number of ether oxygens (including phenoxy) is 1. The lowest BCUT2D eigenvalue weighted by Gasteiger charge is -2.30. The Labute approximate surface area is 108 Å². The minimum atomic E-state index is -0.952. The summed E-state index contributed by atoms with van der Waals surface area (Å²) < 4.78 is 5.26. The van der Waals surface area contributed by atoms with E-state index in [2.05, 4.69) is 5.32 Å². The van der Waals surface area contributed by atoms with Gasteiger partial charge in [0, 0.05) is 0 Å². The van der Waals surface area contributed by atoms with E-state index in [9.17, 15) is 9.59 Å². The van der Waals surface area contributed by atoms with Gasteiger partial charge in [-0.2, -0.15) is 0 Å². The molecular weight excluding hydrogens is 232 g/mol. The summed E-state index contributed by atoms with van der Waals surface area (Å²) in [6.07, 6.45) is 0.244. The number of hydrogen-bond acceptors (Lipinski definition) is 4. The fourth-order valence-electron chi connectivity index (χ4n) is 2.02. The first kappa shape index (κ1) is 15.1. The van der Waals surface area contributed by atoms with Crippen LogP contribution >= 0.6 is 0 Å². The minimum Gasteiger partial charge on any atom is -0.368 e. The third kappa shape index (κ3) is 3.29. The number of ketones is 1. The molecule has 0 aliphatic carbocycles. The molecule has 18 heavy (non-hydrogen) atoms. The van der Waals surface area contributed by atoms with Crippen molar-refractivity contribution >= 4 is 11.7 Å². The Hall–Kier alpha value is -0.940. The Morgan fingerprint density at radius 3 is 2.56 bits per heavy atom. The Kier molecular flexibility index (Phi) is 4.18. The van der Waals surface area contributed by atoms with Crippen LogP contribution in [0.2, 0.25) is 0 Å². The quantitative estimate of drug-likeness (QED) is 0.775. The van der Waals surface area contributed by atoms with E-state index >= 15 is 0 Å². The van der Waals surface area contributed by atoms with Crippen LogP contribution in [0.15, 0.2) is 0 Å². The molecule has 0 saturated carbocycles. The lowest BCUT2D eigenvalue weighted by molar-refractivity contribution is -0.130. The van der Waals surface area contributed by atoms with E-state index in [4.69, 9.17) is 10.5 Å². The average Bonchev–Trinajstić information content (AvgIpc) is 2.43. The molecule has 0 spiro atoms. The van der Waals surface area contributed by atoms with Crippen LogP contribution in [-0.2, 0) is 14.3 Å². The topological polar surface area (TPSA) is 81.4 Å². The summed E-state index contributed by atoms with van der Waals surface area (Å²) in [6.45, 7) is 9.58. The molecule has 3 unspecified atom stereocenters. The van der Waals surface area contributed by atoms with Gasteiger partial charge in [-0.15, -0.1) is 0 Å². The minimum absolute atomic E-state index is 0.0283. The number of nitrogens with two attached hydrogens (primary N) is 1. The van der Waals surface area contributed by atoms with Gasteiger partial charge >= 0.3 is 0 Å². The molecule has 0 aromatic rings. The number of hydrogen-bond donors (Lipinski definition) is 2. The van der Waals surface area contributed by atoms with Crippen LogP contribution in [0.4, 0.5) is 0 Å².